The van der Waals surface area contributed by atoms with Gasteiger partial charge in [0.25, 0.3) is 5.91 Å². The van der Waals surface area contributed by atoms with Gasteiger partial charge in [-0.3, -0.25) is 14.4 Å². The molecular formula is C21H18ClF3N2O4. The van der Waals surface area contributed by atoms with Gasteiger partial charge in [0, 0.05) is 19.5 Å². The number of hydrogen-bond acceptors (Lipinski definition) is 4. The third kappa shape index (κ3) is 5.97. The first-order chi connectivity index (χ1) is 14.6. The fourth-order valence-electron chi connectivity index (χ4n) is 3.12. The lowest BCUT2D eigenvalue weighted by Crippen LogP contribution is -2.28. The predicted octanol–water partition coefficient (Wildman–Crippen LogP) is 3.89. The molecule has 6 nitrogen and oxygen atoms in total. The molecule has 3 rings (SSSR count). The Morgan fingerprint density at radius 3 is 2.55 bits per heavy atom. The van der Waals surface area contributed by atoms with Gasteiger partial charge in [-0.2, -0.15) is 13.2 Å². The number of alkyl halides is 3. The number of anilines is 1. The van der Waals surface area contributed by atoms with E-state index in [4.69, 9.17) is 16.3 Å². The highest BCUT2D eigenvalue weighted by atomic mass is 35.5. The molecule has 0 bridgehead atoms. The van der Waals surface area contributed by atoms with E-state index in [1.54, 1.807) is 0 Å². The van der Waals surface area contributed by atoms with E-state index in [2.05, 4.69) is 5.32 Å². The summed E-state index contributed by atoms with van der Waals surface area (Å²) in [4.78, 5) is 37.9. The monoisotopic (exact) mass is 454 g/mol. The van der Waals surface area contributed by atoms with Gasteiger partial charge in [0.1, 0.15) is 0 Å². The maximum Gasteiger partial charge on any atom is 0.416 e. The van der Waals surface area contributed by atoms with Gasteiger partial charge in [-0.15, -0.1) is 0 Å². The second-order valence-electron chi connectivity index (χ2n) is 7.01. The van der Waals surface area contributed by atoms with E-state index >= 15 is 0 Å². The van der Waals surface area contributed by atoms with Crippen molar-refractivity contribution in [2.45, 2.75) is 19.1 Å². The smallest absolute Gasteiger partial charge is 0.416 e. The zero-order valence-corrected chi connectivity index (χ0v) is 16.9. The first-order valence-corrected chi connectivity index (χ1v) is 9.66. The first-order valence-electron chi connectivity index (χ1n) is 9.28. The normalized spacial score (nSPS) is 16.3. The Hall–Kier alpha value is -3.07. The summed E-state index contributed by atoms with van der Waals surface area (Å²) in [5.41, 5.74) is -0.308. The molecule has 0 aromatic heterocycles. The summed E-state index contributed by atoms with van der Waals surface area (Å²) < 4.78 is 43.4. The lowest BCUT2D eigenvalue weighted by molar-refractivity contribution is -0.151. The van der Waals surface area contributed by atoms with Gasteiger partial charge in [0.05, 0.1) is 22.2 Å². The Bertz CT molecular complexity index is 982. The Morgan fingerprint density at radius 2 is 1.87 bits per heavy atom. The molecule has 1 atom stereocenters. The predicted molar refractivity (Wildman–Crippen MR) is 106 cm³/mol. The van der Waals surface area contributed by atoms with Gasteiger partial charge in [-0.25, -0.2) is 0 Å². The van der Waals surface area contributed by atoms with Crippen LogP contribution < -0.4 is 5.32 Å². The summed E-state index contributed by atoms with van der Waals surface area (Å²) in [7, 11) is 0. The number of amides is 2. The fraction of sp³-hybridized carbons (Fsp3) is 0.286. The molecule has 1 aliphatic heterocycles. The van der Waals surface area contributed by atoms with Crippen LogP contribution >= 0.6 is 11.6 Å². The number of ether oxygens (including phenoxy) is 1. The van der Waals surface area contributed by atoms with E-state index in [1.165, 1.54) is 4.90 Å². The standard InChI is InChI=1S/C21H18ClF3N2O4/c22-16-7-6-15(21(23,24)25)9-17(16)26-18(28)12-31-20(30)14-8-19(29)27(11-14)10-13-4-2-1-3-5-13/h1-7,9,14H,8,10-12H2,(H,26,28)/t14-/m1/s1. The van der Waals surface area contributed by atoms with E-state index in [9.17, 15) is 27.6 Å². The van der Waals surface area contributed by atoms with Crippen molar-refractivity contribution in [1.29, 1.82) is 0 Å². The number of rotatable bonds is 6. The summed E-state index contributed by atoms with van der Waals surface area (Å²) in [5.74, 6) is -2.50. The fourth-order valence-corrected chi connectivity index (χ4v) is 3.29. The van der Waals surface area contributed by atoms with E-state index in [1.807, 2.05) is 30.3 Å². The van der Waals surface area contributed by atoms with Crippen molar-refractivity contribution >= 4 is 35.1 Å². The van der Waals surface area contributed by atoms with Crippen molar-refractivity contribution in [3.05, 3.63) is 64.7 Å². The molecule has 1 aliphatic rings. The molecule has 1 fully saturated rings. The SMILES string of the molecule is O=C(COC(=O)[C@@H]1CC(=O)N(Cc2ccccc2)C1)Nc1cc(C(F)(F)F)ccc1Cl. The minimum absolute atomic E-state index is 0.0350. The van der Waals surface area contributed by atoms with E-state index < -0.39 is 36.1 Å². The van der Waals surface area contributed by atoms with Crippen LogP contribution in [0.4, 0.5) is 18.9 Å². The minimum atomic E-state index is -4.60. The van der Waals surface area contributed by atoms with Gasteiger partial charge in [0.15, 0.2) is 6.61 Å². The third-order valence-corrected chi connectivity index (χ3v) is 5.01. The number of esters is 1. The highest BCUT2D eigenvalue weighted by molar-refractivity contribution is 6.33. The van der Waals surface area contributed by atoms with Crippen LogP contribution in [0.5, 0.6) is 0 Å². The summed E-state index contributed by atoms with van der Waals surface area (Å²) >= 11 is 5.82. The highest BCUT2D eigenvalue weighted by Crippen LogP contribution is 2.33. The number of halogens is 4. The average Bonchev–Trinajstić information content (AvgIpc) is 3.08. The van der Waals surface area contributed by atoms with Gasteiger partial charge >= 0.3 is 12.1 Å². The first kappa shape index (κ1) is 22.6. The van der Waals surface area contributed by atoms with Gasteiger partial charge in [-0.1, -0.05) is 41.9 Å². The average molecular weight is 455 g/mol. The van der Waals surface area contributed by atoms with Crippen LogP contribution in [0, 0.1) is 5.92 Å². The zero-order valence-electron chi connectivity index (χ0n) is 16.1. The van der Waals surface area contributed by atoms with Crippen molar-refractivity contribution in [1.82, 2.24) is 4.90 Å². The molecule has 10 heteroatoms. The molecule has 164 valence electrons. The Labute approximate surface area is 180 Å². The number of nitrogens with zero attached hydrogens (tertiary/aromatic N) is 1. The van der Waals surface area contributed by atoms with Gasteiger partial charge in [-0.05, 0) is 23.8 Å². The zero-order chi connectivity index (χ0) is 22.6. The molecule has 2 amide bonds. The summed E-state index contributed by atoms with van der Waals surface area (Å²) in [6.45, 7) is -0.194. The van der Waals surface area contributed by atoms with E-state index in [-0.39, 0.29) is 29.6 Å². The second kappa shape index (κ2) is 9.38. The molecule has 2 aromatic carbocycles. The maximum atomic E-state index is 12.8. The van der Waals surface area contributed by atoms with Crippen molar-refractivity contribution in [2.75, 3.05) is 18.5 Å². The van der Waals surface area contributed by atoms with Crippen LogP contribution in [0.25, 0.3) is 0 Å². The van der Waals surface area contributed by atoms with Crippen LogP contribution in [-0.4, -0.2) is 35.8 Å². The third-order valence-electron chi connectivity index (χ3n) is 4.68. The molecule has 0 saturated carbocycles. The van der Waals surface area contributed by atoms with E-state index in [0.29, 0.717) is 12.6 Å². The Morgan fingerprint density at radius 1 is 1.16 bits per heavy atom. The number of benzene rings is 2. The lowest BCUT2D eigenvalue weighted by Gasteiger charge is -2.16. The molecular weight excluding hydrogens is 437 g/mol. The van der Waals surface area contributed by atoms with Crippen LogP contribution in [0.1, 0.15) is 17.5 Å². The second-order valence-corrected chi connectivity index (χ2v) is 7.42. The van der Waals surface area contributed by atoms with E-state index in [0.717, 1.165) is 17.7 Å². The number of carbonyl (C=O) groups excluding carboxylic acids is 3. The molecule has 1 N–H and O–H groups in total. The Balaban J connectivity index is 1.52. The van der Waals surface area contributed by atoms with Crippen molar-refractivity contribution < 1.29 is 32.3 Å². The summed E-state index contributed by atoms with van der Waals surface area (Å²) in [6, 6.07) is 11.8. The quantitative estimate of drug-likeness (QED) is 0.672. The topological polar surface area (TPSA) is 75.7 Å². The van der Waals surface area contributed by atoms with Crippen LogP contribution in [0.15, 0.2) is 48.5 Å². The molecule has 0 aliphatic carbocycles. The summed E-state index contributed by atoms with van der Waals surface area (Å²) in [6.07, 6.45) is -4.64. The molecule has 2 aromatic rings. The summed E-state index contributed by atoms with van der Waals surface area (Å²) in [5, 5.41) is 2.10. The number of likely N-dealkylation sites (tertiary alicyclic amines) is 1. The number of nitrogens with one attached hydrogen (secondary N) is 1. The van der Waals surface area contributed by atoms with Crippen molar-refractivity contribution in [3.8, 4) is 0 Å². The largest absolute Gasteiger partial charge is 0.455 e. The molecule has 1 saturated heterocycles. The van der Waals surface area contributed by atoms with Gasteiger partial charge < -0.3 is 15.0 Å². The molecule has 31 heavy (non-hydrogen) atoms. The highest BCUT2D eigenvalue weighted by Gasteiger charge is 2.35. The van der Waals surface area contributed by atoms with Crippen molar-refractivity contribution in [2.24, 2.45) is 5.92 Å². The number of carbonyl (C=O) groups is 3. The van der Waals surface area contributed by atoms with Crippen LogP contribution in [0.2, 0.25) is 5.02 Å². The molecule has 0 unspecified atom stereocenters. The van der Waals surface area contributed by atoms with Crippen molar-refractivity contribution in [3.63, 3.8) is 0 Å². The Kier molecular flexibility index (Phi) is 6.84. The number of hydrogen-bond donors (Lipinski definition) is 1. The van der Waals surface area contributed by atoms with Gasteiger partial charge in [0.2, 0.25) is 5.91 Å². The maximum absolute atomic E-state index is 12.8. The molecule has 0 radical (unpaired) electrons. The molecule has 0 spiro atoms. The molecule has 1 heterocycles. The lowest BCUT2D eigenvalue weighted by atomic mass is 10.1. The van der Waals surface area contributed by atoms with Crippen LogP contribution in [-0.2, 0) is 31.8 Å². The van der Waals surface area contributed by atoms with Crippen LogP contribution in [0.3, 0.4) is 0 Å². The minimum Gasteiger partial charge on any atom is -0.455 e.